The molecule has 0 saturated carbocycles. The summed E-state index contributed by atoms with van der Waals surface area (Å²) < 4.78 is 13.5. The summed E-state index contributed by atoms with van der Waals surface area (Å²) in [5, 5.41) is 0.402. The van der Waals surface area contributed by atoms with E-state index >= 15 is 0 Å². The van der Waals surface area contributed by atoms with Crippen LogP contribution in [0.3, 0.4) is 0 Å². The number of carbonyl (C=O) groups is 2. The zero-order valence-corrected chi connectivity index (χ0v) is 17.5. The monoisotopic (exact) mass is 428 g/mol. The van der Waals surface area contributed by atoms with Gasteiger partial charge in [0, 0.05) is 21.7 Å². The van der Waals surface area contributed by atoms with Gasteiger partial charge in [-0.2, -0.15) is 0 Å². The van der Waals surface area contributed by atoms with Crippen LogP contribution in [0.2, 0.25) is 5.02 Å². The number of ketones is 2. The lowest BCUT2D eigenvalue weighted by Crippen LogP contribution is -2.16. The van der Waals surface area contributed by atoms with Crippen LogP contribution >= 0.6 is 11.6 Å². The highest BCUT2D eigenvalue weighted by Crippen LogP contribution is 2.36. The van der Waals surface area contributed by atoms with Gasteiger partial charge in [0.1, 0.15) is 5.82 Å². The lowest BCUT2D eigenvalue weighted by Gasteiger charge is -2.15. The number of hydrogen-bond acceptors (Lipinski definition) is 2. The Labute approximate surface area is 184 Å². The molecule has 0 fully saturated rings. The maximum atomic E-state index is 13.5. The average Bonchev–Trinajstić information content (AvgIpc) is 2.78. The molecule has 0 spiro atoms. The first-order valence-electron chi connectivity index (χ1n) is 9.74. The van der Waals surface area contributed by atoms with Crippen LogP contribution in [-0.2, 0) is 0 Å². The first-order valence-corrected chi connectivity index (χ1v) is 10.1. The molecule has 152 valence electrons. The normalized spacial score (nSPS) is 10.7. The summed E-state index contributed by atoms with van der Waals surface area (Å²) in [6.45, 7) is 1.82. The Balaban J connectivity index is 1.89. The van der Waals surface area contributed by atoms with Gasteiger partial charge < -0.3 is 0 Å². The average molecular weight is 429 g/mol. The van der Waals surface area contributed by atoms with Gasteiger partial charge in [-0.05, 0) is 59.5 Å². The molecule has 0 N–H and O–H groups in total. The highest BCUT2D eigenvalue weighted by molar-refractivity contribution is 6.50. The maximum absolute atomic E-state index is 13.5. The van der Waals surface area contributed by atoms with Crippen LogP contribution in [0.4, 0.5) is 4.39 Å². The predicted octanol–water partition coefficient (Wildman–Crippen LogP) is 7.19. The highest BCUT2D eigenvalue weighted by Gasteiger charge is 2.24. The standard InChI is InChI=1S/C27H18ClFO2/c1-17-14-20(16-21(28)15-17)26(30)27(31)24-9-5-8-23(18-10-12-22(29)13-11-18)25(24)19-6-3-2-4-7-19/h2-16H,1H3. The lowest BCUT2D eigenvalue weighted by atomic mass is 9.87. The molecule has 0 amide bonds. The Hall–Kier alpha value is -3.56. The van der Waals surface area contributed by atoms with Crippen LogP contribution in [0.5, 0.6) is 0 Å². The predicted molar refractivity (Wildman–Crippen MR) is 122 cm³/mol. The van der Waals surface area contributed by atoms with Gasteiger partial charge >= 0.3 is 0 Å². The largest absolute Gasteiger partial charge is 0.285 e. The van der Waals surface area contributed by atoms with Crippen LogP contribution in [0.1, 0.15) is 26.3 Å². The van der Waals surface area contributed by atoms with E-state index in [4.69, 9.17) is 11.6 Å². The van der Waals surface area contributed by atoms with Gasteiger partial charge in [0.15, 0.2) is 0 Å². The number of aryl methyl sites for hydroxylation is 1. The van der Waals surface area contributed by atoms with Gasteiger partial charge in [-0.25, -0.2) is 4.39 Å². The van der Waals surface area contributed by atoms with Crippen LogP contribution in [-0.4, -0.2) is 11.6 Å². The van der Waals surface area contributed by atoms with Crippen LogP contribution in [0.15, 0.2) is 91.0 Å². The Kier molecular flexibility index (Phi) is 5.79. The molecule has 0 aromatic heterocycles. The molecule has 4 rings (SSSR count). The molecule has 0 aliphatic carbocycles. The third-order valence-corrected chi connectivity index (χ3v) is 5.26. The zero-order valence-electron chi connectivity index (χ0n) is 16.7. The van der Waals surface area contributed by atoms with Crippen molar-refractivity contribution in [1.82, 2.24) is 0 Å². The van der Waals surface area contributed by atoms with E-state index in [-0.39, 0.29) is 16.9 Å². The quantitative estimate of drug-likeness (QED) is 0.249. The fourth-order valence-corrected chi connectivity index (χ4v) is 3.94. The van der Waals surface area contributed by atoms with Gasteiger partial charge in [0.2, 0.25) is 11.6 Å². The zero-order chi connectivity index (χ0) is 22.0. The summed E-state index contributed by atoms with van der Waals surface area (Å²) >= 11 is 6.10. The third-order valence-electron chi connectivity index (χ3n) is 5.04. The molecule has 4 aromatic rings. The van der Waals surface area contributed by atoms with Crippen molar-refractivity contribution < 1.29 is 14.0 Å². The topological polar surface area (TPSA) is 34.1 Å². The van der Waals surface area contributed by atoms with E-state index in [0.29, 0.717) is 10.6 Å². The second kappa shape index (κ2) is 8.66. The molecule has 0 heterocycles. The molecule has 0 unspecified atom stereocenters. The molecule has 2 nitrogen and oxygen atoms in total. The van der Waals surface area contributed by atoms with Crippen molar-refractivity contribution in [3.8, 4) is 22.3 Å². The number of rotatable bonds is 5. The molecule has 0 aliphatic heterocycles. The summed E-state index contributed by atoms with van der Waals surface area (Å²) in [6.07, 6.45) is 0. The minimum absolute atomic E-state index is 0.251. The van der Waals surface area contributed by atoms with Crippen LogP contribution < -0.4 is 0 Å². The van der Waals surface area contributed by atoms with Gasteiger partial charge in [-0.15, -0.1) is 0 Å². The van der Waals surface area contributed by atoms with Gasteiger partial charge in [0.05, 0.1) is 0 Å². The number of halogens is 2. The molecule has 0 atom stereocenters. The number of hydrogen-bond donors (Lipinski definition) is 0. The summed E-state index contributed by atoms with van der Waals surface area (Å²) in [7, 11) is 0. The highest BCUT2D eigenvalue weighted by atomic mass is 35.5. The molecule has 0 radical (unpaired) electrons. The molecule has 4 heteroatoms. The van der Waals surface area contributed by atoms with Crippen LogP contribution in [0.25, 0.3) is 22.3 Å². The first-order chi connectivity index (χ1) is 14.9. The van der Waals surface area contributed by atoms with Crippen molar-refractivity contribution in [3.05, 3.63) is 119 Å². The molecule has 0 bridgehead atoms. The summed E-state index contributed by atoms with van der Waals surface area (Å²) in [5.41, 5.74) is 4.25. The number of Topliss-reactive ketones (excluding diaryl/α,β-unsaturated/α-hetero) is 2. The summed E-state index contributed by atoms with van der Waals surface area (Å²) in [4.78, 5) is 26.4. The first kappa shape index (κ1) is 20.7. The van der Waals surface area contributed by atoms with E-state index in [1.807, 2.05) is 43.3 Å². The Morgan fingerprint density at radius 1 is 0.742 bits per heavy atom. The smallest absolute Gasteiger partial charge is 0.234 e. The van der Waals surface area contributed by atoms with Gasteiger partial charge in [0.25, 0.3) is 0 Å². The Morgan fingerprint density at radius 2 is 1.45 bits per heavy atom. The van der Waals surface area contributed by atoms with E-state index in [1.54, 1.807) is 36.4 Å². The van der Waals surface area contributed by atoms with Crippen molar-refractivity contribution in [2.45, 2.75) is 6.92 Å². The second-order valence-electron chi connectivity index (χ2n) is 7.28. The van der Waals surface area contributed by atoms with Gasteiger partial charge in [-0.3, -0.25) is 9.59 Å². The lowest BCUT2D eigenvalue weighted by molar-refractivity contribution is 0.0817. The van der Waals surface area contributed by atoms with Crippen molar-refractivity contribution in [1.29, 1.82) is 0 Å². The van der Waals surface area contributed by atoms with Gasteiger partial charge in [-0.1, -0.05) is 72.3 Å². The number of carbonyl (C=O) groups excluding carboxylic acids is 2. The molecular weight excluding hydrogens is 411 g/mol. The molecule has 0 aliphatic rings. The van der Waals surface area contributed by atoms with Crippen molar-refractivity contribution in [3.63, 3.8) is 0 Å². The van der Waals surface area contributed by atoms with Crippen molar-refractivity contribution >= 4 is 23.2 Å². The van der Waals surface area contributed by atoms with E-state index in [2.05, 4.69) is 0 Å². The van der Waals surface area contributed by atoms with Crippen LogP contribution in [0, 0.1) is 12.7 Å². The maximum Gasteiger partial charge on any atom is 0.234 e. The van der Waals surface area contributed by atoms with E-state index in [1.165, 1.54) is 18.2 Å². The number of benzene rings is 4. The minimum Gasteiger partial charge on any atom is -0.285 e. The molecule has 31 heavy (non-hydrogen) atoms. The second-order valence-corrected chi connectivity index (χ2v) is 7.71. The molecular formula is C27H18ClFO2. The SMILES string of the molecule is Cc1cc(Cl)cc(C(=O)C(=O)c2cccc(-c3ccc(F)cc3)c2-c2ccccc2)c1. The van der Waals surface area contributed by atoms with Crippen molar-refractivity contribution in [2.75, 3.05) is 0 Å². The van der Waals surface area contributed by atoms with E-state index in [0.717, 1.165) is 22.3 Å². The van der Waals surface area contributed by atoms with E-state index in [9.17, 15) is 14.0 Å². The summed E-state index contributed by atoms with van der Waals surface area (Å²) in [5.74, 6) is -1.59. The Morgan fingerprint density at radius 3 is 2.13 bits per heavy atom. The Bertz CT molecular complexity index is 1260. The minimum atomic E-state index is -0.626. The van der Waals surface area contributed by atoms with E-state index < -0.39 is 11.6 Å². The fourth-order valence-electron chi connectivity index (χ4n) is 3.65. The van der Waals surface area contributed by atoms with Crippen molar-refractivity contribution in [2.24, 2.45) is 0 Å². The third kappa shape index (κ3) is 4.32. The molecule has 4 aromatic carbocycles. The fraction of sp³-hybridized carbons (Fsp3) is 0.0370. The molecule has 0 saturated heterocycles. The summed E-state index contributed by atoms with van der Waals surface area (Å²) in [6, 6.07) is 25.6.